The molecule has 0 aliphatic rings. The molecule has 6 heteroatoms. The Morgan fingerprint density at radius 3 is 2.82 bits per heavy atom. The molecule has 0 unspecified atom stereocenters. The zero-order chi connectivity index (χ0) is 12.4. The predicted octanol–water partition coefficient (Wildman–Crippen LogP) is 1.46. The molecule has 2 aromatic heterocycles. The summed E-state index contributed by atoms with van der Waals surface area (Å²) in [6, 6.07) is 2.73. The van der Waals surface area contributed by atoms with Gasteiger partial charge in [-0.3, -0.25) is 9.78 Å². The monoisotopic (exact) mass is 232 g/mol. The number of ketones is 1. The van der Waals surface area contributed by atoms with Crippen molar-refractivity contribution in [1.82, 2.24) is 15.0 Å². The van der Waals surface area contributed by atoms with Crippen LogP contribution >= 0.6 is 0 Å². The van der Waals surface area contributed by atoms with Crippen molar-refractivity contribution in [3.63, 3.8) is 0 Å². The fourth-order valence-corrected chi connectivity index (χ4v) is 1.35. The summed E-state index contributed by atoms with van der Waals surface area (Å²) in [7, 11) is 0. The highest BCUT2D eigenvalue weighted by atomic mass is 19.1. The Hall–Kier alpha value is -2.37. The fraction of sp³-hybridized carbons (Fsp3) is 0.0909. The second kappa shape index (κ2) is 4.25. The van der Waals surface area contributed by atoms with Crippen LogP contribution in [0.25, 0.3) is 11.4 Å². The van der Waals surface area contributed by atoms with E-state index >= 15 is 0 Å². The predicted molar refractivity (Wildman–Crippen MR) is 59.6 cm³/mol. The number of hydrogen-bond donors (Lipinski definition) is 1. The van der Waals surface area contributed by atoms with Gasteiger partial charge in [-0.05, 0) is 12.1 Å². The highest BCUT2D eigenvalue weighted by Gasteiger charge is 2.13. The molecule has 86 valence electrons. The Balaban J connectivity index is 2.58. The minimum atomic E-state index is -0.527. The lowest BCUT2D eigenvalue weighted by Crippen LogP contribution is -2.07. The van der Waals surface area contributed by atoms with Crippen LogP contribution in [-0.4, -0.2) is 20.7 Å². The van der Waals surface area contributed by atoms with Crippen molar-refractivity contribution >= 4 is 11.6 Å². The lowest BCUT2D eigenvalue weighted by atomic mass is 10.2. The van der Waals surface area contributed by atoms with Crippen LogP contribution in [0, 0.1) is 5.82 Å². The van der Waals surface area contributed by atoms with E-state index in [2.05, 4.69) is 15.0 Å². The van der Waals surface area contributed by atoms with E-state index in [1.165, 1.54) is 31.5 Å². The van der Waals surface area contributed by atoms with Gasteiger partial charge < -0.3 is 5.73 Å². The summed E-state index contributed by atoms with van der Waals surface area (Å²) in [4.78, 5) is 22.9. The van der Waals surface area contributed by atoms with Gasteiger partial charge in [0.05, 0.1) is 6.20 Å². The highest BCUT2D eigenvalue weighted by Crippen LogP contribution is 2.19. The minimum Gasteiger partial charge on any atom is -0.382 e. The maximum Gasteiger partial charge on any atom is 0.181 e. The van der Waals surface area contributed by atoms with Gasteiger partial charge >= 0.3 is 0 Å². The van der Waals surface area contributed by atoms with Gasteiger partial charge in [-0.1, -0.05) is 0 Å². The van der Waals surface area contributed by atoms with Crippen molar-refractivity contribution in [3.05, 3.63) is 36.0 Å². The third-order valence-electron chi connectivity index (χ3n) is 2.14. The quantitative estimate of drug-likeness (QED) is 0.792. The molecule has 0 aliphatic carbocycles. The van der Waals surface area contributed by atoms with Crippen LogP contribution in [0.15, 0.2) is 24.5 Å². The van der Waals surface area contributed by atoms with E-state index in [0.29, 0.717) is 0 Å². The number of hydrogen-bond acceptors (Lipinski definition) is 5. The molecule has 0 aliphatic heterocycles. The van der Waals surface area contributed by atoms with Crippen LogP contribution in [0.5, 0.6) is 0 Å². The molecule has 17 heavy (non-hydrogen) atoms. The van der Waals surface area contributed by atoms with Crippen LogP contribution in [0.2, 0.25) is 0 Å². The van der Waals surface area contributed by atoms with Crippen LogP contribution < -0.4 is 5.73 Å². The standard InChI is InChI=1S/C11H9FN4O/c1-6(17)9-11(13)15-5-8(16-9)10-7(12)3-2-4-14-10/h2-5H,1H3,(H2,13,15). The summed E-state index contributed by atoms with van der Waals surface area (Å²) in [5, 5.41) is 0. The number of nitrogens with zero attached hydrogens (tertiary/aromatic N) is 3. The van der Waals surface area contributed by atoms with Gasteiger partial charge in [0.1, 0.15) is 17.1 Å². The number of pyridine rings is 1. The molecular formula is C11H9FN4O. The van der Waals surface area contributed by atoms with Crippen molar-refractivity contribution in [2.75, 3.05) is 5.73 Å². The van der Waals surface area contributed by atoms with Crippen LogP contribution in [-0.2, 0) is 0 Å². The number of carbonyl (C=O) groups is 1. The van der Waals surface area contributed by atoms with Crippen LogP contribution in [0.3, 0.4) is 0 Å². The van der Waals surface area contributed by atoms with E-state index in [4.69, 9.17) is 5.73 Å². The minimum absolute atomic E-state index is 0.0209. The summed E-state index contributed by atoms with van der Waals surface area (Å²) in [5.74, 6) is -0.827. The van der Waals surface area contributed by atoms with Gasteiger partial charge in [0.15, 0.2) is 17.4 Å². The Labute approximate surface area is 96.5 Å². The summed E-state index contributed by atoms with van der Waals surface area (Å²) >= 11 is 0. The van der Waals surface area contributed by atoms with Gasteiger partial charge in [-0.25, -0.2) is 14.4 Å². The van der Waals surface area contributed by atoms with E-state index in [-0.39, 0.29) is 28.7 Å². The first kappa shape index (κ1) is 11.1. The maximum atomic E-state index is 13.5. The first-order valence-electron chi connectivity index (χ1n) is 4.84. The van der Waals surface area contributed by atoms with E-state index in [9.17, 15) is 9.18 Å². The molecule has 2 aromatic rings. The van der Waals surface area contributed by atoms with Gasteiger partial charge in [0.25, 0.3) is 0 Å². The third-order valence-corrected chi connectivity index (χ3v) is 2.14. The Kier molecular flexibility index (Phi) is 2.78. The lowest BCUT2D eigenvalue weighted by Gasteiger charge is -2.04. The molecule has 0 spiro atoms. The molecule has 0 saturated heterocycles. The molecule has 0 saturated carbocycles. The molecule has 0 bridgehead atoms. The normalized spacial score (nSPS) is 10.2. The molecule has 0 fully saturated rings. The molecule has 2 heterocycles. The van der Waals surface area contributed by atoms with Crippen molar-refractivity contribution in [3.8, 4) is 11.4 Å². The van der Waals surface area contributed by atoms with Gasteiger partial charge in [0.2, 0.25) is 0 Å². The first-order chi connectivity index (χ1) is 8.09. The summed E-state index contributed by atoms with van der Waals surface area (Å²) in [5.41, 5.74) is 5.75. The van der Waals surface area contributed by atoms with E-state index < -0.39 is 5.82 Å². The molecular weight excluding hydrogens is 223 g/mol. The number of Topliss-reactive ketones (excluding diaryl/α,β-unsaturated/α-hetero) is 1. The number of nitrogens with two attached hydrogens (primary N) is 1. The molecule has 5 nitrogen and oxygen atoms in total. The first-order valence-corrected chi connectivity index (χ1v) is 4.84. The molecule has 0 atom stereocenters. The molecule has 0 radical (unpaired) electrons. The van der Waals surface area contributed by atoms with Crippen molar-refractivity contribution in [2.24, 2.45) is 0 Å². The number of aromatic nitrogens is 3. The third kappa shape index (κ3) is 2.10. The topological polar surface area (TPSA) is 81.8 Å². The van der Waals surface area contributed by atoms with Crippen molar-refractivity contribution in [2.45, 2.75) is 6.92 Å². The van der Waals surface area contributed by atoms with Gasteiger partial charge in [0, 0.05) is 13.1 Å². The average Bonchev–Trinajstić information content (AvgIpc) is 2.30. The zero-order valence-electron chi connectivity index (χ0n) is 9.01. The molecule has 2 N–H and O–H groups in total. The number of rotatable bonds is 2. The van der Waals surface area contributed by atoms with Gasteiger partial charge in [-0.2, -0.15) is 0 Å². The Morgan fingerprint density at radius 1 is 1.41 bits per heavy atom. The Morgan fingerprint density at radius 2 is 2.18 bits per heavy atom. The van der Waals surface area contributed by atoms with Crippen LogP contribution in [0.1, 0.15) is 17.4 Å². The van der Waals surface area contributed by atoms with Gasteiger partial charge in [-0.15, -0.1) is 0 Å². The lowest BCUT2D eigenvalue weighted by molar-refractivity contribution is 0.101. The Bertz CT molecular complexity index is 585. The number of carbonyl (C=O) groups excluding carboxylic acids is 1. The zero-order valence-corrected chi connectivity index (χ0v) is 9.01. The number of anilines is 1. The summed E-state index contributed by atoms with van der Waals surface area (Å²) in [6.45, 7) is 1.32. The SMILES string of the molecule is CC(=O)c1nc(-c2ncccc2F)cnc1N. The summed E-state index contributed by atoms with van der Waals surface area (Å²) < 4.78 is 13.5. The fourth-order valence-electron chi connectivity index (χ4n) is 1.35. The second-order valence-corrected chi connectivity index (χ2v) is 3.38. The number of halogens is 1. The van der Waals surface area contributed by atoms with Crippen molar-refractivity contribution < 1.29 is 9.18 Å². The van der Waals surface area contributed by atoms with Crippen molar-refractivity contribution in [1.29, 1.82) is 0 Å². The maximum absolute atomic E-state index is 13.5. The molecule has 0 aromatic carbocycles. The molecule has 0 amide bonds. The number of nitrogen functional groups attached to an aromatic ring is 1. The smallest absolute Gasteiger partial charge is 0.181 e. The highest BCUT2D eigenvalue weighted by molar-refractivity contribution is 5.96. The molecule has 2 rings (SSSR count). The van der Waals surface area contributed by atoms with E-state index in [0.717, 1.165) is 0 Å². The summed E-state index contributed by atoms with van der Waals surface area (Å²) in [6.07, 6.45) is 2.72. The average molecular weight is 232 g/mol. The second-order valence-electron chi connectivity index (χ2n) is 3.38. The van der Waals surface area contributed by atoms with Crippen LogP contribution in [0.4, 0.5) is 10.2 Å². The van der Waals surface area contributed by atoms with E-state index in [1.54, 1.807) is 0 Å². The van der Waals surface area contributed by atoms with E-state index in [1.807, 2.05) is 0 Å². The largest absolute Gasteiger partial charge is 0.382 e.